The van der Waals surface area contributed by atoms with Gasteiger partial charge in [-0.2, -0.15) is 8.42 Å². The molecule has 5 nitrogen and oxygen atoms in total. The molecule has 1 unspecified atom stereocenters. The Hall–Kier alpha value is -0.0400. The average molecular weight is 235 g/mol. The first-order valence-electron chi connectivity index (χ1n) is 3.51. The Balaban J connectivity index is 2.98. The van der Waals surface area contributed by atoms with E-state index in [1.807, 2.05) is 0 Å². The van der Waals surface area contributed by atoms with Crippen molar-refractivity contribution in [1.29, 1.82) is 0 Å². The van der Waals surface area contributed by atoms with Gasteiger partial charge in [-0.05, 0) is 12.8 Å². The predicted molar refractivity (Wildman–Crippen MR) is 40.6 cm³/mol. The summed E-state index contributed by atoms with van der Waals surface area (Å²) in [5, 5.41) is 0. The topological polar surface area (TPSA) is 63.7 Å². The van der Waals surface area contributed by atoms with E-state index in [2.05, 4.69) is 4.52 Å². The highest BCUT2D eigenvalue weighted by Gasteiger charge is 2.42. The summed E-state index contributed by atoms with van der Waals surface area (Å²) in [4.78, 5) is 0. The Labute approximate surface area is 74.6 Å². The molecule has 1 saturated heterocycles. The van der Waals surface area contributed by atoms with E-state index in [1.165, 1.54) is 0 Å². The van der Waals surface area contributed by atoms with Crippen molar-refractivity contribution in [2.24, 2.45) is 0 Å². The van der Waals surface area contributed by atoms with E-state index in [0.29, 0.717) is 6.42 Å². The van der Waals surface area contributed by atoms with Crippen LogP contribution in [0, 0.1) is 0 Å². The fraction of sp³-hybridized carbons (Fsp3) is 1.00. The van der Waals surface area contributed by atoms with Gasteiger partial charge in [-0.3, -0.25) is 4.52 Å². The minimum absolute atomic E-state index is 0.167. The van der Waals surface area contributed by atoms with Crippen molar-refractivity contribution in [3.8, 4) is 0 Å². The summed E-state index contributed by atoms with van der Waals surface area (Å²) in [6.07, 6.45) is 0.566. The van der Waals surface area contributed by atoms with Gasteiger partial charge in [0.15, 0.2) is 0 Å². The summed E-state index contributed by atoms with van der Waals surface area (Å²) < 4.78 is 60.6. The molecule has 1 atom stereocenters. The van der Waals surface area contributed by atoms with E-state index in [9.17, 15) is 21.1 Å². The highest BCUT2D eigenvalue weighted by atomic mass is 32.3. The van der Waals surface area contributed by atoms with Crippen molar-refractivity contribution in [3.63, 3.8) is 0 Å². The Kier molecular flexibility index (Phi) is 3.06. The van der Waals surface area contributed by atoms with Gasteiger partial charge in [-0.25, -0.2) is 4.57 Å². The molecule has 1 heterocycles. The molecule has 0 radical (unpaired) electrons. The lowest BCUT2D eigenvalue weighted by Gasteiger charge is -2.16. The fourth-order valence-corrected chi connectivity index (χ4v) is 3.22. The van der Waals surface area contributed by atoms with Gasteiger partial charge in [0.05, 0.1) is 6.61 Å². The van der Waals surface area contributed by atoms with Gasteiger partial charge in [-0.15, -0.1) is 4.20 Å². The van der Waals surface area contributed by atoms with Crippen LogP contribution in [0.1, 0.15) is 12.8 Å². The summed E-state index contributed by atoms with van der Waals surface area (Å²) in [7, 11) is -10.3. The van der Waals surface area contributed by atoms with Crippen LogP contribution in [0.2, 0.25) is 0 Å². The predicted octanol–water partition coefficient (Wildman–Crippen LogP) is 1.39. The number of hydrogen-bond donors (Lipinski definition) is 0. The standard InChI is InChI=1S/C4H8F2NO4PS/c5-12(8)7(13(6,9)10)3-1-2-4-11-12/h1-4H2. The lowest BCUT2D eigenvalue weighted by molar-refractivity contribution is 0.272. The third kappa shape index (κ3) is 2.70. The molecule has 0 aromatic carbocycles. The second-order valence-corrected chi connectivity index (χ2v) is 5.66. The van der Waals surface area contributed by atoms with Crippen molar-refractivity contribution in [3.05, 3.63) is 0 Å². The van der Waals surface area contributed by atoms with Crippen molar-refractivity contribution < 1.29 is 25.6 Å². The first-order valence-corrected chi connectivity index (χ1v) is 6.32. The van der Waals surface area contributed by atoms with Gasteiger partial charge >= 0.3 is 18.2 Å². The largest absolute Gasteiger partial charge is 0.461 e. The van der Waals surface area contributed by atoms with Gasteiger partial charge < -0.3 is 0 Å². The molecule has 0 saturated carbocycles. The minimum atomic E-state index is -5.29. The van der Waals surface area contributed by atoms with Crippen LogP contribution in [-0.4, -0.2) is 25.6 Å². The van der Waals surface area contributed by atoms with Crippen LogP contribution in [0.3, 0.4) is 0 Å². The SMILES string of the molecule is O=P1(F)OCCCCN1S(=O)(=O)F. The molecule has 1 aliphatic rings. The molecule has 1 fully saturated rings. The van der Waals surface area contributed by atoms with Gasteiger partial charge in [0.25, 0.3) is 0 Å². The monoisotopic (exact) mass is 235 g/mol. The Morgan fingerprint density at radius 3 is 2.54 bits per heavy atom. The number of rotatable bonds is 1. The van der Waals surface area contributed by atoms with Crippen LogP contribution in [0.4, 0.5) is 8.08 Å². The zero-order valence-corrected chi connectivity index (χ0v) is 8.23. The second kappa shape index (κ2) is 3.61. The zero-order valence-electron chi connectivity index (χ0n) is 6.52. The lowest BCUT2D eigenvalue weighted by Crippen LogP contribution is -2.23. The summed E-state index contributed by atoms with van der Waals surface area (Å²) in [6, 6.07) is 0. The third-order valence-electron chi connectivity index (χ3n) is 1.51. The van der Waals surface area contributed by atoms with E-state index in [1.54, 1.807) is 0 Å². The number of nitrogens with zero attached hydrogens (tertiary/aromatic N) is 1. The second-order valence-electron chi connectivity index (χ2n) is 2.48. The third-order valence-corrected chi connectivity index (χ3v) is 4.60. The van der Waals surface area contributed by atoms with Crippen LogP contribution in [0.25, 0.3) is 0 Å². The summed E-state index contributed by atoms with van der Waals surface area (Å²) >= 11 is 0. The van der Waals surface area contributed by atoms with Crippen LogP contribution in [-0.2, 0) is 19.5 Å². The summed E-state index contributed by atoms with van der Waals surface area (Å²) in [5.41, 5.74) is 0. The molecule has 1 rings (SSSR count). The molecule has 13 heavy (non-hydrogen) atoms. The first kappa shape index (κ1) is 11.0. The Morgan fingerprint density at radius 2 is 2.00 bits per heavy atom. The molecule has 1 aliphatic heterocycles. The molecule has 78 valence electrons. The average Bonchev–Trinajstić information content (AvgIpc) is 2.07. The zero-order chi connectivity index (χ0) is 10.1. The maximum atomic E-state index is 12.9. The molecular weight excluding hydrogens is 227 g/mol. The maximum absolute atomic E-state index is 12.9. The van der Waals surface area contributed by atoms with E-state index in [-0.39, 0.29) is 17.1 Å². The van der Waals surface area contributed by atoms with Gasteiger partial charge in [0, 0.05) is 6.54 Å². The van der Waals surface area contributed by atoms with E-state index < -0.39 is 24.8 Å². The quantitative estimate of drug-likeness (QED) is 0.509. The van der Waals surface area contributed by atoms with E-state index in [0.717, 1.165) is 0 Å². The van der Waals surface area contributed by atoms with Crippen LogP contribution < -0.4 is 0 Å². The molecular formula is C4H8F2NO4PS. The minimum Gasteiger partial charge on any atom is -0.293 e. The summed E-state index contributed by atoms with van der Waals surface area (Å²) in [6.45, 7) is -0.619. The van der Waals surface area contributed by atoms with Gasteiger partial charge in [-0.1, -0.05) is 7.96 Å². The molecule has 9 heteroatoms. The smallest absolute Gasteiger partial charge is 0.293 e. The Morgan fingerprint density at radius 1 is 1.38 bits per heavy atom. The van der Waals surface area contributed by atoms with Crippen LogP contribution in [0.15, 0.2) is 0 Å². The molecule has 0 aromatic rings. The molecule has 0 aliphatic carbocycles. The van der Waals surface area contributed by atoms with Crippen molar-refractivity contribution in [1.82, 2.24) is 4.08 Å². The number of halogens is 2. The first-order chi connectivity index (χ1) is 5.84. The van der Waals surface area contributed by atoms with E-state index >= 15 is 0 Å². The molecule has 0 aromatic heterocycles. The highest BCUT2D eigenvalue weighted by Crippen LogP contribution is 2.55. The van der Waals surface area contributed by atoms with E-state index in [4.69, 9.17) is 0 Å². The molecule has 0 N–H and O–H groups in total. The molecule has 0 bridgehead atoms. The fourth-order valence-electron chi connectivity index (χ4n) is 0.936. The van der Waals surface area contributed by atoms with Crippen molar-refractivity contribution in [2.75, 3.05) is 13.2 Å². The van der Waals surface area contributed by atoms with Crippen LogP contribution in [0.5, 0.6) is 0 Å². The van der Waals surface area contributed by atoms with Gasteiger partial charge in [0.1, 0.15) is 0 Å². The normalized spacial score (nSPS) is 32.8. The molecule has 0 amide bonds. The lowest BCUT2D eigenvalue weighted by atomic mass is 10.3. The van der Waals surface area contributed by atoms with Crippen molar-refractivity contribution in [2.45, 2.75) is 12.8 Å². The number of hydrogen-bond acceptors (Lipinski definition) is 4. The Bertz CT molecular complexity index is 331. The van der Waals surface area contributed by atoms with Crippen molar-refractivity contribution >= 4 is 18.2 Å². The van der Waals surface area contributed by atoms with Crippen LogP contribution >= 0.6 is 7.83 Å². The highest BCUT2D eigenvalue weighted by molar-refractivity contribution is 7.89. The maximum Gasteiger partial charge on any atom is 0.461 e. The molecule has 0 spiro atoms. The summed E-state index contributed by atoms with van der Waals surface area (Å²) in [5.74, 6) is 0. The van der Waals surface area contributed by atoms with Gasteiger partial charge in [0.2, 0.25) is 0 Å².